The third-order valence-electron chi connectivity index (χ3n) is 3.10. The van der Waals surface area contributed by atoms with Gasteiger partial charge in [0, 0.05) is 5.56 Å². The molecule has 0 spiro atoms. The molecule has 94 valence electrons. The molecule has 0 radical (unpaired) electrons. The Hall–Kier alpha value is 0.01000. The molecule has 0 bridgehead atoms. The van der Waals surface area contributed by atoms with E-state index in [1.165, 1.54) is 12.8 Å². The van der Waals surface area contributed by atoms with Crippen molar-refractivity contribution in [1.82, 2.24) is 9.97 Å². The Kier molecular flexibility index (Phi) is 4.95. The van der Waals surface area contributed by atoms with Crippen molar-refractivity contribution in [3.63, 3.8) is 0 Å². The Bertz CT molecular complexity index is 369. The maximum Gasteiger partial charge on any atom is 0.141 e. The van der Waals surface area contributed by atoms with Crippen LogP contribution in [0.2, 0.25) is 10.3 Å². The average molecular weight is 291 g/mol. The Morgan fingerprint density at radius 2 is 1.76 bits per heavy atom. The fraction of sp³-hybridized carbons (Fsp3) is 0.667. The zero-order valence-electron chi connectivity index (χ0n) is 9.88. The molecule has 0 N–H and O–H groups in total. The van der Waals surface area contributed by atoms with Gasteiger partial charge in [0.05, 0.1) is 5.75 Å². The molecule has 1 fully saturated rings. The van der Waals surface area contributed by atoms with E-state index < -0.39 is 0 Å². The van der Waals surface area contributed by atoms with E-state index in [0.717, 1.165) is 35.7 Å². The zero-order valence-corrected chi connectivity index (χ0v) is 12.2. The molecule has 2 rings (SSSR count). The van der Waals surface area contributed by atoms with Crippen LogP contribution in [0.15, 0.2) is 0 Å². The van der Waals surface area contributed by atoms with Crippen molar-refractivity contribution in [3.8, 4) is 0 Å². The summed E-state index contributed by atoms with van der Waals surface area (Å²) < 4.78 is 0. The number of halogens is 2. The summed E-state index contributed by atoms with van der Waals surface area (Å²) in [6.07, 6.45) is 4.83. The summed E-state index contributed by atoms with van der Waals surface area (Å²) in [5, 5.41) is 1.12. The van der Waals surface area contributed by atoms with E-state index in [1.807, 2.05) is 0 Å². The van der Waals surface area contributed by atoms with Crippen LogP contribution in [-0.2, 0) is 5.75 Å². The minimum atomic E-state index is 0.461. The molecule has 2 nitrogen and oxygen atoms in total. The van der Waals surface area contributed by atoms with Gasteiger partial charge in [0.15, 0.2) is 0 Å². The SMILES string of the molecule is CCSCc1nc(Cl)c(C2CCCC2)c(Cl)n1. The lowest BCUT2D eigenvalue weighted by molar-refractivity contribution is 0.712. The molecule has 0 amide bonds. The van der Waals surface area contributed by atoms with Crippen LogP contribution in [0.3, 0.4) is 0 Å². The van der Waals surface area contributed by atoms with Crippen LogP contribution in [0.5, 0.6) is 0 Å². The van der Waals surface area contributed by atoms with Crippen LogP contribution >= 0.6 is 35.0 Å². The molecular formula is C12H16Cl2N2S. The van der Waals surface area contributed by atoms with Crippen LogP contribution in [0, 0.1) is 0 Å². The minimum Gasteiger partial charge on any atom is -0.220 e. The largest absolute Gasteiger partial charge is 0.220 e. The second-order valence-corrected chi connectivity index (χ2v) is 6.24. The van der Waals surface area contributed by atoms with Crippen molar-refractivity contribution >= 4 is 35.0 Å². The number of rotatable bonds is 4. The van der Waals surface area contributed by atoms with Crippen LogP contribution in [0.1, 0.15) is 49.9 Å². The monoisotopic (exact) mass is 290 g/mol. The maximum atomic E-state index is 6.25. The predicted octanol–water partition coefficient (Wildman–Crippen LogP) is 4.69. The highest BCUT2D eigenvalue weighted by Crippen LogP contribution is 2.40. The molecule has 5 heteroatoms. The molecule has 1 heterocycles. The van der Waals surface area contributed by atoms with Gasteiger partial charge < -0.3 is 0 Å². The average Bonchev–Trinajstić information content (AvgIpc) is 2.79. The highest BCUT2D eigenvalue weighted by molar-refractivity contribution is 7.98. The van der Waals surface area contributed by atoms with Gasteiger partial charge in [-0.15, -0.1) is 0 Å². The molecule has 17 heavy (non-hydrogen) atoms. The van der Waals surface area contributed by atoms with E-state index in [0.29, 0.717) is 16.2 Å². The molecule has 0 aliphatic heterocycles. The van der Waals surface area contributed by atoms with Crippen LogP contribution in [0.25, 0.3) is 0 Å². The van der Waals surface area contributed by atoms with Crippen molar-refractivity contribution in [2.75, 3.05) is 5.75 Å². The smallest absolute Gasteiger partial charge is 0.141 e. The lowest BCUT2D eigenvalue weighted by Gasteiger charge is -2.13. The van der Waals surface area contributed by atoms with Gasteiger partial charge in [0.1, 0.15) is 16.1 Å². The van der Waals surface area contributed by atoms with Gasteiger partial charge >= 0.3 is 0 Å². The summed E-state index contributed by atoms with van der Waals surface area (Å²) in [6.45, 7) is 2.11. The van der Waals surface area contributed by atoms with Gasteiger partial charge in [-0.1, -0.05) is 43.0 Å². The highest BCUT2D eigenvalue weighted by Gasteiger charge is 2.24. The first-order chi connectivity index (χ1) is 8.22. The lowest BCUT2D eigenvalue weighted by atomic mass is 10.0. The van der Waals surface area contributed by atoms with E-state index in [2.05, 4.69) is 16.9 Å². The fourth-order valence-electron chi connectivity index (χ4n) is 2.27. The van der Waals surface area contributed by atoms with E-state index in [4.69, 9.17) is 23.2 Å². The molecule has 1 aromatic heterocycles. The zero-order chi connectivity index (χ0) is 12.3. The number of nitrogens with zero attached hydrogens (tertiary/aromatic N) is 2. The minimum absolute atomic E-state index is 0.461. The van der Waals surface area contributed by atoms with Crippen molar-refractivity contribution in [2.24, 2.45) is 0 Å². The second kappa shape index (κ2) is 6.26. The number of hydrogen-bond acceptors (Lipinski definition) is 3. The molecule has 0 aromatic carbocycles. The Balaban J connectivity index is 2.22. The van der Waals surface area contributed by atoms with Crippen molar-refractivity contribution in [3.05, 3.63) is 21.7 Å². The number of aromatic nitrogens is 2. The van der Waals surface area contributed by atoms with Gasteiger partial charge in [0.2, 0.25) is 0 Å². The first kappa shape index (κ1) is 13.4. The molecule has 0 atom stereocenters. The normalized spacial score (nSPS) is 16.6. The van der Waals surface area contributed by atoms with Crippen LogP contribution in [-0.4, -0.2) is 15.7 Å². The van der Waals surface area contributed by atoms with Gasteiger partial charge in [-0.05, 0) is 24.5 Å². The number of thioether (sulfide) groups is 1. The van der Waals surface area contributed by atoms with Gasteiger partial charge in [-0.2, -0.15) is 11.8 Å². The predicted molar refractivity (Wildman–Crippen MR) is 75.1 cm³/mol. The van der Waals surface area contributed by atoms with Gasteiger partial charge in [-0.25, -0.2) is 9.97 Å². The topological polar surface area (TPSA) is 25.8 Å². The third kappa shape index (κ3) is 3.27. The molecule has 1 saturated carbocycles. The summed E-state index contributed by atoms with van der Waals surface area (Å²) in [7, 11) is 0. The lowest BCUT2D eigenvalue weighted by Crippen LogP contribution is -2.03. The van der Waals surface area contributed by atoms with Crippen molar-refractivity contribution < 1.29 is 0 Å². The Morgan fingerprint density at radius 1 is 1.18 bits per heavy atom. The second-order valence-electron chi connectivity index (χ2n) is 4.25. The summed E-state index contributed by atoms with van der Waals surface area (Å²) in [5.41, 5.74) is 0.969. The maximum absolute atomic E-state index is 6.25. The molecule has 1 aromatic rings. The van der Waals surface area contributed by atoms with E-state index in [1.54, 1.807) is 11.8 Å². The van der Waals surface area contributed by atoms with E-state index in [9.17, 15) is 0 Å². The molecule has 1 aliphatic rings. The summed E-state index contributed by atoms with van der Waals surface area (Å²) >= 11 is 14.3. The molecule has 0 saturated heterocycles. The van der Waals surface area contributed by atoms with Crippen LogP contribution < -0.4 is 0 Å². The standard InChI is InChI=1S/C12H16Cl2N2S/c1-2-17-7-9-15-11(13)10(12(14)16-9)8-5-3-4-6-8/h8H,2-7H2,1H3. The molecule has 1 aliphatic carbocycles. The Morgan fingerprint density at radius 3 is 2.29 bits per heavy atom. The van der Waals surface area contributed by atoms with Crippen molar-refractivity contribution in [2.45, 2.75) is 44.3 Å². The highest BCUT2D eigenvalue weighted by atomic mass is 35.5. The summed E-state index contributed by atoms with van der Waals surface area (Å²) in [5.74, 6) is 3.03. The van der Waals surface area contributed by atoms with Gasteiger partial charge in [-0.3, -0.25) is 0 Å². The van der Waals surface area contributed by atoms with E-state index >= 15 is 0 Å². The third-order valence-corrected chi connectivity index (χ3v) is 4.54. The van der Waals surface area contributed by atoms with Crippen molar-refractivity contribution in [1.29, 1.82) is 0 Å². The van der Waals surface area contributed by atoms with Crippen LogP contribution in [0.4, 0.5) is 0 Å². The quantitative estimate of drug-likeness (QED) is 0.752. The fourth-order valence-corrected chi connectivity index (χ4v) is 3.51. The Labute approximate surface area is 117 Å². The summed E-state index contributed by atoms with van der Waals surface area (Å²) in [6, 6.07) is 0. The van der Waals surface area contributed by atoms with E-state index in [-0.39, 0.29) is 0 Å². The first-order valence-electron chi connectivity index (χ1n) is 6.02. The first-order valence-corrected chi connectivity index (χ1v) is 7.93. The summed E-state index contributed by atoms with van der Waals surface area (Å²) in [4.78, 5) is 8.73. The number of hydrogen-bond donors (Lipinski definition) is 0. The molecular weight excluding hydrogens is 275 g/mol. The van der Waals surface area contributed by atoms with Gasteiger partial charge in [0.25, 0.3) is 0 Å². The molecule has 0 unspecified atom stereocenters.